The van der Waals surface area contributed by atoms with Crippen LogP contribution in [0.15, 0.2) is 36.5 Å². The number of ether oxygens (including phenoxy) is 1. The predicted molar refractivity (Wildman–Crippen MR) is 98.4 cm³/mol. The first-order valence-electron chi connectivity index (χ1n) is 6.38. The minimum atomic E-state index is -0.335. The molecule has 0 radical (unpaired) electrons. The van der Waals surface area contributed by atoms with Gasteiger partial charge in [0.05, 0.1) is 12.7 Å². The highest BCUT2D eigenvalue weighted by Crippen LogP contribution is 2.17. The molecule has 2 aromatic rings. The molecule has 2 rings (SSSR count). The lowest BCUT2D eigenvalue weighted by atomic mass is 10.2. The summed E-state index contributed by atoms with van der Waals surface area (Å²) < 4.78 is 6.19. The largest absolute Gasteiger partial charge is 0.496 e. The number of amides is 1. The lowest BCUT2D eigenvalue weighted by Gasteiger charge is -2.12. The van der Waals surface area contributed by atoms with Crippen molar-refractivity contribution < 1.29 is 9.53 Å². The first-order valence-corrected chi connectivity index (χ1v) is 7.87. The Kier molecular flexibility index (Phi) is 5.67. The van der Waals surface area contributed by atoms with Gasteiger partial charge in [0.2, 0.25) is 0 Å². The molecule has 0 fully saturated rings. The molecule has 0 spiro atoms. The van der Waals surface area contributed by atoms with E-state index in [4.69, 9.17) is 17.0 Å². The minimum absolute atomic E-state index is 0.188. The molecule has 1 aromatic carbocycles. The maximum atomic E-state index is 12.2. The number of nitrogens with one attached hydrogen (secondary N) is 2. The number of aryl methyl sites for hydroxylation is 1. The van der Waals surface area contributed by atoms with E-state index in [0.717, 1.165) is 9.13 Å². The van der Waals surface area contributed by atoms with Crippen LogP contribution < -0.4 is 15.4 Å². The van der Waals surface area contributed by atoms with E-state index in [0.29, 0.717) is 17.1 Å². The first-order chi connectivity index (χ1) is 10.5. The maximum absolute atomic E-state index is 12.2. The topological polar surface area (TPSA) is 63.2 Å². The number of anilines is 1. The van der Waals surface area contributed by atoms with Gasteiger partial charge in [0.1, 0.15) is 11.6 Å². The van der Waals surface area contributed by atoms with Gasteiger partial charge in [-0.05, 0) is 65.5 Å². The van der Waals surface area contributed by atoms with Crippen molar-refractivity contribution in [3.05, 3.63) is 51.2 Å². The normalized spacial score (nSPS) is 9.95. The van der Waals surface area contributed by atoms with Crippen LogP contribution in [0.4, 0.5) is 5.82 Å². The maximum Gasteiger partial charge on any atom is 0.261 e. The molecule has 0 saturated heterocycles. The predicted octanol–water partition coefficient (Wildman–Crippen LogP) is 3.13. The molecule has 1 aromatic heterocycles. The number of para-hydroxylation sites is 1. The van der Waals surface area contributed by atoms with Crippen molar-refractivity contribution in [1.29, 1.82) is 0 Å². The molecule has 2 N–H and O–H groups in total. The third-order valence-corrected chi connectivity index (χ3v) is 3.65. The average molecular weight is 427 g/mol. The quantitative estimate of drug-likeness (QED) is 0.582. The summed E-state index contributed by atoms with van der Waals surface area (Å²) in [7, 11) is 1.52. The van der Waals surface area contributed by atoms with E-state index < -0.39 is 0 Å². The minimum Gasteiger partial charge on any atom is -0.496 e. The third-order valence-electron chi connectivity index (χ3n) is 2.86. The zero-order valence-electron chi connectivity index (χ0n) is 12.0. The number of hydrogen-bond acceptors (Lipinski definition) is 4. The monoisotopic (exact) mass is 427 g/mol. The van der Waals surface area contributed by atoms with Crippen molar-refractivity contribution in [1.82, 2.24) is 10.3 Å². The summed E-state index contributed by atoms with van der Waals surface area (Å²) >= 11 is 7.34. The molecule has 114 valence electrons. The van der Waals surface area contributed by atoms with Crippen LogP contribution in [0, 0.1) is 10.5 Å². The van der Waals surface area contributed by atoms with E-state index in [1.807, 2.05) is 13.0 Å². The summed E-state index contributed by atoms with van der Waals surface area (Å²) in [5, 5.41) is 5.73. The van der Waals surface area contributed by atoms with Gasteiger partial charge in [-0.1, -0.05) is 12.1 Å². The number of aromatic nitrogens is 1. The van der Waals surface area contributed by atoms with E-state index in [1.165, 1.54) is 7.11 Å². The van der Waals surface area contributed by atoms with Gasteiger partial charge in [0.15, 0.2) is 5.11 Å². The fourth-order valence-corrected chi connectivity index (χ4v) is 2.61. The van der Waals surface area contributed by atoms with Crippen LogP contribution in [0.2, 0.25) is 0 Å². The molecule has 0 atom stereocenters. The summed E-state index contributed by atoms with van der Waals surface area (Å²) in [6, 6.07) is 8.92. The van der Waals surface area contributed by atoms with E-state index in [-0.39, 0.29) is 11.0 Å². The van der Waals surface area contributed by atoms with Crippen LogP contribution in [0.5, 0.6) is 5.75 Å². The van der Waals surface area contributed by atoms with Gasteiger partial charge < -0.3 is 10.1 Å². The Hall–Kier alpha value is -1.74. The number of rotatable bonds is 3. The van der Waals surface area contributed by atoms with Crippen LogP contribution in [0.25, 0.3) is 0 Å². The Bertz CT molecular complexity index is 722. The second kappa shape index (κ2) is 7.50. The summed E-state index contributed by atoms with van der Waals surface area (Å²) in [4.78, 5) is 16.5. The van der Waals surface area contributed by atoms with Gasteiger partial charge in [-0.25, -0.2) is 4.98 Å². The van der Waals surface area contributed by atoms with E-state index >= 15 is 0 Å². The number of carbonyl (C=O) groups is 1. The summed E-state index contributed by atoms with van der Waals surface area (Å²) in [5.74, 6) is 0.773. The molecule has 0 aliphatic heterocycles. The number of carbonyl (C=O) groups excluding carboxylic acids is 1. The van der Waals surface area contributed by atoms with Crippen molar-refractivity contribution >= 4 is 51.6 Å². The molecule has 0 unspecified atom stereocenters. The lowest BCUT2D eigenvalue weighted by Crippen LogP contribution is -2.34. The smallest absolute Gasteiger partial charge is 0.261 e. The van der Waals surface area contributed by atoms with E-state index in [9.17, 15) is 4.79 Å². The second-order valence-electron chi connectivity index (χ2n) is 4.43. The molecule has 5 nitrogen and oxygen atoms in total. The number of pyridine rings is 1. The Morgan fingerprint density at radius 2 is 2.09 bits per heavy atom. The van der Waals surface area contributed by atoms with Crippen LogP contribution in [0.3, 0.4) is 0 Å². The third kappa shape index (κ3) is 4.14. The van der Waals surface area contributed by atoms with Crippen molar-refractivity contribution in [3.63, 3.8) is 0 Å². The van der Waals surface area contributed by atoms with E-state index in [2.05, 4.69) is 38.2 Å². The molecule has 0 saturated carbocycles. The van der Waals surface area contributed by atoms with Crippen LogP contribution in [-0.4, -0.2) is 23.1 Å². The van der Waals surface area contributed by atoms with Crippen LogP contribution in [0.1, 0.15) is 15.9 Å². The molecular formula is C15H14IN3O2S. The molecule has 22 heavy (non-hydrogen) atoms. The zero-order chi connectivity index (χ0) is 16.1. The molecular weight excluding hydrogens is 413 g/mol. The molecule has 1 heterocycles. The summed E-state index contributed by atoms with van der Waals surface area (Å²) in [6.45, 7) is 1.92. The van der Waals surface area contributed by atoms with Crippen molar-refractivity contribution in [3.8, 4) is 5.75 Å². The SMILES string of the molecule is COc1ccccc1C(=O)NC(=S)Nc1ncc(I)cc1C. The molecule has 7 heteroatoms. The Balaban J connectivity index is 2.07. The van der Waals surface area contributed by atoms with Gasteiger partial charge in [-0.3, -0.25) is 10.1 Å². The highest BCUT2D eigenvalue weighted by Gasteiger charge is 2.13. The van der Waals surface area contributed by atoms with Gasteiger partial charge in [0, 0.05) is 9.77 Å². The number of thiocarbonyl (C=S) groups is 1. The van der Waals surface area contributed by atoms with Gasteiger partial charge in [0.25, 0.3) is 5.91 Å². The highest BCUT2D eigenvalue weighted by atomic mass is 127. The first kappa shape index (κ1) is 16.6. The Morgan fingerprint density at radius 1 is 1.36 bits per heavy atom. The number of benzene rings is 1. The van der Waals surface area contributed by atoms with Gasteiger partial charge in [-0.2, -0.15) is 0 Å². The average Bonchev–Trinajstić information content (AvgIpc) is 2.50. The van der Waals surface area contributed by atoms with Gasteiger partial charge >= 0.3 is 0 Å². The zero-order valence-corrected chi connectivity index (χ0v) is 15.0. The standard InChI is InChI=1S/C15H14IN3O2S/c1-9-7-10(16)8-17-13(9)18-15(22)19-14(20)11-5-3-4-6-12(11)21-2/h3-8H,1-2H3,(H2,17,18,19,20,22). The van der Waals surface area contributed by atoms with Crippen molar-refractivity contribution in [2.45, 2.75) is 6.92 Å². The highest BCUT2D eigenvalue weighted by molar-refractivity contribution is 14.1. The Morgan fingerprint density at radius 3 is 2.77 bits per heavy atom. The lowest BCUT2D eigenvalue weighted by molar-refractivity contribution is 0.0975. The Labute approximate surface area is 147 Å². The van der Waals surface area contributed by atoms with Gasteiger partial charge in [-0.15, -0.1) is 0 Å². The fraction of sp³-hybridized carbons (Fsp3) is 0.133. The molecule has 0 aliphatic carbocycles. The molecule has 0 bridgehead atoms. The summed E-state index contributed by atoms with van der Waals surface area (Å²) in [6.07, 6.45) is 1.72. The number of halogens is 1. The molecule has 1 amide bonds. The van der Waals surface area contributed by atoms with Crippen LogP contribution >= 0.6 is 34.8 Å². The number of hydrogen-bond donors (Lipinski definition) is 2. The second-order valence-corrected chi connectivity index (χ2v) is 6.08. The van der Waals surface area contributed by atoms with Crippen LogP contribution in [-0.2, 0) is 0 Å². The fourth-order valence-electron chi connectivity index (χ4n) is 1.81. The van der Waals surface area contributed by atoms with E-state index in [1.54, 1.807) is 30.5 Å². The number of methoxy groups -OCH3 is 1. The molecule has 0 aliphatic rings. The van der Waals surface area contributed by atoms with Crippen molar-refractivity contribution in [2.75, 3.05) is 12.4 Å². The summed E-state index contributed by atoms with van der Waals surface area (Å²) in [5.41, 5.74) is 1.36. The number of nitrogens with zero attached hydrogens (tertiary/aromatic N) is 1. The van der Waals surface area contributed by atoms with Crippen molar-refractivity contribution in [2.24, 2.45) is 0 Å².